The predicted molar refractivity (Wildman–Crippen MR) is 137 cm³/mol. The molecular formula is C29H31FN2O5. The zero-order chi connectivity index (χ0) is 26.2. The van der Waals surface area contributed by atoms with Gasteiger partial charge in [-0.1, -0.05) is 36.4 Å². The van der Waals surface area contributed by atoms with Crippen LogP contribution >= 0.6 is 0 Å². The van der Waals surface area contributed by atoms with Gasteiger partial charge in [0.2, 0.25) is 0 Å². The van der Waals surface area contributed by atoms with Crippen LogP contribution in [0.1, 0.15) is 37.9 Å². The summed E-state index contributed by atoms with van der Waals surface area (Å²) in [6.45, 7) is 3.29. The Bertz CT molecular complexity index is 1210. The van der Waals surface area contributed by atoms with Crippen molar-refractivity contribution in [3.63, 3.8) is 0 Å². The van der Waals surface area contributed by atoms with Gasteiger partial charge in [-0.05, 0) is 47.5 Å². The normalized spacial score (nSPS) is 14.7. The van der Waals surface area contributed by atoms with Gasteiger partial charge in [0.05, 0.1) is 38.1 Å². The molecule has 7 nitrogen and oxygen atoms in total. The van der Waals surface area contributed by atoms with Crippen LogP contribution in [-0.2, 0) is 16.1 Å². The third-order valence-corrected chi connectivity index (χ3v) is 6.48. The molecule has 1 amide bonds. The lowest BCUT2D eigenvalue weighted by Crippen LogP contribution is -2.49. The van der Waals surface area contributed by atoms with Crippen LogP contribution in [0, 0.1) is 5.82 Å². The van der Waals surface area contributed by atoms with E-state index in [0.29, 0.717) is 44.9 Å². The van der Waals surface area contributed by atoms with E-state index < -0.39 is 5.82 Å². The fourth-order valence-corrected chi connectivity index (χ4v) is 4.32. The van der Waals surface area contributed by atoms with E-state index in [9.17, 15) is 14.0 Å². The minimum absolute atomic E-state index is 0.103. The smallest absolute Gasteiger partial charge is 0.337 e. The Balaban J connectivity index is 1.41. The van der Waals surface area contributed by atoms with Crippen molar-refractivity contribution in [2.75, 3.05) is 46.9 Å². The molecule has 0 radical (unpaired) electrons. The third-order valence-electron chi connectivity index (χ3n) is 6.48. The molecule has 8 heteroatoms. The Hall–Kier alpha value is -3.75. The van der Waals surface area contributed by atoms with Gasteiger partial charge in [-0.2, -0.15) is 0 Å². The molecule has 0 N–H and O–H groups in total. The van der Waals surface area contributed by atoms with Crippen LogP contribution in [0.3, 0.4) is 0 Å². The zero-order valence-electron chi connectivity index (χ0n) is 21.1. The van der Waals surface area contributed by atoms with Gasteiger partial charge in [0, 0.05) is 32.7 Å². The first-order valence-electron chi connectivity index (χ1n) is 12.2. The van der Waals surface area contributed by atoms with E-state index in [1.165, 1.54) is 19.2 Å². The number of ether oxygens (including phenoxy) is 3. The van der Waals surface area contributed by atoms with Crippen molar-refractivity contribution < 1.29 is 28.2 Å². The summed E-state index contributed by atoms with van der Waals surface area (Å²) in [6.07, 6.45) is -0.246. The minimum Gasteiger partial charge on any atom is -0.497 e. The highest BCUT2D eigenvalue weighted by Crippen LogP contribution is 2.25. The second-order valence-corrected chi connectivity index (χ2v) is 8.84. The summed E-state index contributed by atoms with van der Waals surface area (Å²) < 4.78 is 30.6. The summed E-state index contributed by atoms with van der Waals surface area (Å²) in [5, 5.41) is 0. The quantitative estimate of drug-likeness (QED) is 0.403. The summed E-state index contributed by atoms with van der Waals surface area (Å²) in [6, 6.07) is 21.0. The SMILES string of the molecule is COC(=O)c1ccc(CO[C@@H](CN2CCN(C(=O)c3ccccc3F)CC2)c2cccc(OC)c2)cc1. The van der Waals surface area contributed by atoms with Crippen LogP contribution < -0.4 is 4.74 Å². The standard InChI is InChI=1S/C29H31FN2O5/c1-35-24-7-5-6-23(18-24)27(37-20-21-10-12-22(13-11-21)29(34)36-2)19-31-14-16-32(17-15-31)28(33)25-8-3-4-9-26(25)30/h3-13,18,27H,14-17,19-20H2,1-2H3/t27-/m0/s1. The summed E-state index contributed by atoms with van der Waals surface area (Å²) in [5.74, 6) is -0.419. The molecule has 0 aliphatic carbocycles. The number of hydrogen-bond acceptors (Lipinski definition) is 6. The number of benzene rings is 3. The van der Waals surface area contributed by atoms with E-state index in [2.05, 4.69) is 4.90 Å². The first-order chi connectivity index (χ1) is 18.0. The Labute approximate surface area is 216 Å². The van der Waals surface area contributed by atoms with Gasteiger partial charge < -0.3 is 19.1 Å². The lowest BCUT2D eigenvalue weighted by molar-refractivity contribution is 0.00327. The molecule has 4 rings (SSSR count). The molecule has 37 heavy (non-hydrogen) atoms. The van der Waals surface area contributed by atoms with Crippen molar-refractivity contribution in [1.29, 1.82) is 0 Å². The van der Waals surface area contributed by atoms with Gasteiger partial charge in [-0.15, -0.1) is 0 Å². The maximum atomic E-state index is 14.1. The topological polar surface area (TPSA) is 68.3 Å². The second-order valence-electron chi connectivity index (χ2n) is 8.84. The van der Waals surface area contributed by atoms with Crippen LogP contribution in [-0.4, -0.2) is 68.6 Å². The number of rotatable bonds is 9. The fourth-order valence-electron chi connectivity index (χ4n) is 4.32. The predicted octanol–water partition coefficient (Wildman–Crippen LogP) is 4.34. The van der Waals surface area contributed by atoms with E-state index in [4.69, 9.17) is 14.2 Å². The van der Waals surface area contributed by atoms with E-state index >= 15 is 0 Å². The molecule has 3 aromatic rings. The molecule has 1 atom stereocenters. The number of carbonyl (C=O) groups is 2. The zero-order valence-corrected chi connectivity index (χ0v) is 21.1. The minimum atomic E-state index is -0.499. The molecule has 1 saturated heterocycles. The lowest BCUT2D eigenvalue weighted by Gasteiger charge is -2.36. The number of esters is 1. The van der Waals surface area contributed by atoms with Gasteiger partial charge in [0.25, 0.3) is 5.91 Å². The van der Waals surface area contributed by atoms with Gasteiger partial charge in [-0.3, -0.25) is 9.69 Å². The Morgan fingerprint density at radius 3 is 2.32 bits per heavy atom. The highest BCUT2D eigenvalue weighted by molar-refractivity contribution is 5.94. The molecule has 0 bridgehead atoms. The molecule has 0 aromatic heterocycles. The van der Waals surface area contributed by atoms with E-state index in [0.717, 1.165) is 16.9 Å². The molecule has 0 spiro atoms. The van der Waals surface area contributed by atoms with Crippen molar-refractivity contribution in [3.05, 3.63) is 101 Å². The van der Waals surface area contributed by atoms with Crippen molar-refractivity contribution in [2.24, 2.45) is 0 Å². The molecule has 1 aliphatic heterocycles. The number of piperazine rings is 1. The van der Waals surface area contributed by atoms with Crippen LogP contribution in [0.2, 0.25) is 0 Å². The van der Waals surface area contributed by atoms with Gasteiger partial charge in [0.15, 0.2) is 0 Å². The van der Waals surface area contributed by atoms with E-state index in [1.54, 1.807) is 36.3 Å². The second kappa shape index (κ2) is 12.5. The number of methoxy groups -OCH3 is 2. The van der Waals surface area contributed by atoms with Crippen LogP contribution in [0.15, 0.2) is 72.8 Å². The van der Waals surface area contributed by atoms with Gasteiger partial charge in [0.1, 0.15) is 11.6 Å². The monoisotopic (exact) mass is 506 g/mol. The number of carbonyl (C=O) groups excluding carboxylic acids is 2. The van der Waals surface area contributed by atoms with Crippen LogP contribution in [0.25, 0.3) is 0 Å². The largest absolute Gasteiger partial charge is 0.497 e. The maximum Gasteiger partial charge on any atom is 0.337 e. The summed E-state index contributed by atoms with van der Waals surface area (Å²) in [4.78, 5) is 28.4. The molecule has 1 aliphatic rings. The summed E-state index contributed by atoms with van der Waals surface area (Å²) in [7, 11) is 2.98. The van der Waals surface area contributed by atoms with Crippen molar-refractivity contribution in [2.45, 2.75) is 12.7 Å². The molecule has 3 aromatic carbocycles. The average molecular weight is 507 g/mol. The number of amides is 1. The van der Waals surface area contributed by atoms with Gasteiger partial charge >= 0.3 is 5.97 Å². The molecule has 0 saturated carbocycles. The Morgan fingerprint density at radius 1 is 0.919 bits per heavy atom. The van der Waals surface area contributed by atoms with Crippen LogP contribution in [0.4, 0.5) is 4.39 Å². The number of nitrogens with zero attached hydrogens (tertiary/aromatic N) is 2. The molecule has 194 valence electrons. The fraction of sp³-hybridized carbons (Fsp3) is 0.310. The highest BCUT2D eigenvalue weighted by atomic mass is 19.1. The molecule has 1 fully saturated rings. The third kappa shape index (κ3) is 6.72. The van der Waals surface area contributed by atoms with Crippen molar-refractivity contribution in [1.82, 2.24) is 9.80 Å². The molecular weight excluding hydrogens is 475 g/mol. The van der Waals surface area contributed by atoms with Crippen molar-refractivity contribution >= 4 is 11.9 Å². The first-order valence-corrected chi connectivity index (χ1v) is 12.2. The maximum absolute atomic E-state index is 14.1. The highest BCUT2D eigenvalue weighted by Gasteiger charge is 2.26. The van der Waals surface area contributed by atoms with Crippen LogP contribution in [0.5, 0.6) is 5.75 Å². The average Bonchev–Trinajstić information content (AvgIpc) is 2.95. The molecule has 0 unspecified atom stereocenters. The summed E-state index contributed by atoms with van der Waals surface area (Å²) in [5.41, 5.74) is 2.50. The summed E-state index contributed by atoms with van der Waals surface area (Å²) >= 11 is 0. The Morgan fingerprint density at radius 2 is 1.65 bits per heavy atom. The van der Waals surface area contributed by atoms with E-state index in [1.807, 2.05) is 36.4 Å². The van der Waals surface area contributed by atoms with E-state index in [-0.39, 0.29) is 23.5 Å². The van der Waals surface area contributed by atoms with Gasteiger partial charge in [-0.25, -0.2) is 9.18 Å². The van der Waals surface area contributed by atoms with Crippen molar-refractivity contribution in [3.8, 4) is 5.75 Å². The Kier molecular flexibility index (Phi) is 8.87. The lowest BCUT2D eigenvalue weighted by atomic mass is 10.1. The first kappa shape index (κ1) is 26.3. The molecule has 1 heterocycles. The number of hydrogen-bond donors (Lipinski definition) is 0. The number of halogens is 1.